The van der Waals surface area contributed by atoms with E-state index in [0.717, 1.165) is 5.56 Å². The fourth-order valence-electron chi connectivity index (χ4n) is 2.64. The summed E-state index contributed by atoms with van der Waals surface area (Å²) >= 11 is 0. The van der Waals surface area contributed by atoms with Crippen molar-refractivity contribution in [2.24, 2.45) is 4.99 Å². The van der Waals surface area contributed by atoms with Crippen LogP contribution in [0, 0.1) is 6.92 Å². The van der Waals surface area contributed by atoms with E-state index in [9.17, 15) is 18.6 Å². The minimum Gasteiger partial charge on any atom is -0.505 e. The Morgan fingerprint density at radius 2 is 1.81 bits per heavy atom. The lowest BCUT2D eigenvalue weighted by molar-refractivity contribution is 0.280. The van der Waals surface area contributed by atoms with Crippen molar-refractivity contribution >= 4 is 16.2 Å². The van der Waals surface area contributed by atoms with Crippen LogP contribution in [0.5, 0.6) is 5.75 Å². The van der Waals surface area contributed by atoms with Crippen molar-refractivity contribution in [1.29, 1.82) is 0 Å². The zero-order chi connectivity index (χ0) is 20.0. The van der Waals surface area contributed by atoms with Crippen LogP contribution in [0.2, 0.25) is 0 Å². The topological polar surface area (TPSA) is 103 Å². The Morgan fingerprint density at radius 1 is 1.19 bits per heavy atom. The second-order valence-electron chi connectivity index (χ2n) is 5.99. The van der Waals surface area contributed by atoms with Gasteiger partial charge in [0.2, 0.25) is 10.0 Å². The van der Waals surface area contributed by atoms with Crippen LogP contribution in [0.3, 0.4) is 0 Å². The predicted octanol–water partition coefficient (Wildman–Crippen LogP) is 2.24. The van der Waals surface area contributed by atoms with E-state index < -0.39 is 10.0 Å². The van der Waals surface area contributed by atoms with E-state index >= 15 is 0 Å². The largest absolute Gasteiger partial charge is 0.505 e. The van der Waals surface area contributed by atoms with Crippen LogP contribution in [0.25, 0.3) is 0 Å². The summed E-state index contributed by atoms with van der Waals surface area (Å²) in [6.07, 6.45) is 3.00. The van der Waals surface area contributed by atoms with E-state index in [4.69, 9.17) is 0 Å². The van der Waals surface area contributed by atoms with Gasteiger partial charge in [0.1, 0.15) is 5.75 Å². The normalized spacial score (nSPS) is 12.2. The highest BCUT2D eigenvalue weighted by molar-refractivity contribution is 7.89. The number of aliphatic hydroxyl groups excluding tert-OH is 1. The average Bonchev–Trinajstić information content (AvgIpc) is 2.66. The van der Waals surface area contributed by atoms with E-state index in [2.05, 4.69) is 9.98 Å². The molecule has 0 saturated carbocycles. The summed E-state index contributed by atoms with van der Waals surface area (Å²) in [6.45, 7) is 6.20. The predicted molar refractivity (Wildman–Crippen MR) is 104 cm³/mol. The van der Waals surface area contributed by atoms with Gasteiger partial charge in [-0.3, -0.25) is 9.98 Å². The first-order chi connectivity index (χ1) is 12.8. The van der Waals surface area contributed by atoms with Gasteiger partial charge in [-0.15, -0.1) is 0 Å². The molecule has 1 aromatic carbocycles. The Kier molecular flexibility index (Phi) is 7.06. The first kappa shape index (κ1) is 21.0. The van der Waals surface area contributed by atoms with Crippen LogP contribution in [-0.4, -0.2) is 47.2 Å². The molecule has 8 heteroatoms. The molecule has 27 heavy (non-hydrogen) atoms. The van der Waals surface area contributed by atoms with Crippen molar-refractivity contribution in [2.45, 2.75) is 38.8 Å². The number of rotatable bonds is 8. The molecule has 0 atom stereocenters. The van der Waals surface area contributed by atoms with Gasteiger partial charge in [0.25, 0.3) is 0 Å². The van der Waals surface area contributed by atoms with Gasteiger partial charge in [-0.2, -0.15) is 4.31 Å². The van der Waals surface area contributed by atoms with Crippen molar-refractivity contribution in [1.82, 2.24) is 9.29 Å². The molecule has 0 aliphatic rings. The van der Waals surface area contributed by atoms with Gasteiger partial charge in [0.05, 0.1) is 23.7 Å². The number of aryl methyl sites for hydroxylation is 1. The summed E-state index contributed by atoms with van der Waals surface area (Å²) in [5.41, 5.74) is 2.22. The van der Waals surface area contributed by atoms with E-state index in [1.807, 2.05) is 0 Å². The SMILES string of the molecule is CCN(CC)S(=O)(=O)c1ccc(CN=Cc2c(CO)cnc(C)c2O)cc1. The molecule has 2 aromatic rings. The number of aliphatic imine (C=N–C) groups is 1. The molecule has 0 bridgehead atoms. The number of sulfonamides is 1. The molecule has 0 saturated heterocycles. The second-order valence-corrected chi connectivity index (χ2v) is 7.93. The summed E-state index contributed by atoms with van der Waals surface area (Å²) in [5, 5.41) is 19.5. The molecule has 7 nitrogen and oxygen atoms in total. The standard InChI is InChI=1S/C19H25N3O4S/c1-4-22(5-2)27(25,26)17-8-6-15(7-9-17)10-20-12-18-16(13-23)11-21-14(3)19(18)24/h6-9,11-12,23-24H,4-5,10,13H2,1-3H3. The van der Waals surface area contributed by atoms with Crippen LogP contribution >= 0.6 is 0 Å². The van der Waals surface area contributed by atoms with Crippen molar-refractivity contribution in [3.63, 3.8) is 0 Å². The molecule has 0 spiro atoms. The van der Waals surface area contributed by atoms with Gasteiger partial charge < -0.3 is 10.2 Å². The molecule has 0 amide bonds. The van der Waals surface area contributed by atoms with Gasteiger partial charge in [-0.05, 0) is 24.6 Å². The Hall–Kier alpha value is -2.29. The van der Waals surface area contributed by atoms with Gasteiger partial charge in [0, 0.05) is 36.6 Å². The number of hydrogen-bond donors (Lipinski definition) is 2. The minimum atomic E-state index is -3.47. The number of aliphatic hydroxyl groups is 1. The third-order valence-electron chi connectivity index (χ3n) is 4.29. The summed E-state index contributed by atoms with van der Waals surface area (Å²) < 4.78 is 26.4. The average molecular weight is 391 g/mol. The number of benzene rings is 1. The highest BCUT2D eigenvalue weighted by atomic mass is 32.2. The number of nitrogens with zero attached hydrogens (tertiary/aromatic N) is 3. The third-order valence-corrected chi connectivity index (χ3v) is 6.35. The Morgan fingerprint density at radius 3 is 2.37 bits per heavy atom. The first-order valence-corrected chi connectivity index (χ1v) is 10.2. The summed E-state index contributed by atoms with van der Waals surface area (Å²) in [7, 11) is -3.47. The van der Waals surface area contributed by atoms with Gasteiger partial charge >= 0.3 is 0 Å². The van der Waals surface area contributed by atoms with Crippen molar-refractivity contribution in [3.05, 3.63) is 52.8 Å². The maximum Gasteiger partial charge on any atom is 0.243 e. The maximum absolute atomic E-state index is 12.5. The fourth-order valence-corrected chi connectivity index (χ4v) is 4.10. The molecule has 1 aromatic heterocycles. The second kappa shape index (κ2) is 9.07. The molecule has 146 valence electrons. The van der Waals surface area contributed by atoms with E-state index in [1.165, 1.54) is 16.7 Å². The van der Waals surface area contributed by atoms with Gasteiger partial charge in [0.15, 0.2) is 0 Å². The maximum atomic E-state index is 12.5. The van der Waals surface area contributed by atoms with E-state index in [1.54, 1.807) is 45.0 Å². The number of aromatic nitrogens is 1. The van der Waals surface area contributed by atoms with Crippen LogP contribution in [0.15, 0.2) is 40.4 Å². The number of pyridine rings is 1. The smallest absolute Gasteiger partial charge is 0.243 e. The summed E-state index contributed by atoms with van der Waals surface area (Å²) in [5.74, 6) is -0.00837. The van der Waals surface area contributed by atoms with Crippen LogP contribution < -0.4 is 0 Å². The Balaban J connectivity index is 2.17. The Bertz CT molecular complexity index is 905. The molecule has 0 radical (unpaired) electrons. The molecule has 1 heterocycles. The lowest BCUT2D eigenvalue weighted by atomic mass is 10.1. The Labute approximate surface area is 160 Å². The monoisotopic (exact) mass is 391 g/mol. The molecule has 0 aliphatic carbocycles. The number of hydrogen-bond acceptors (Lipinski definition) is 6. The first-order valence-electron chi connectivity index (χ1n) is 8.72. The summed E-state index contributed by atoms with van der Waals surface area (Å²) in [4.78, 5) is 8.56. The molecule has 2 N–H and O–H groups in total. The molecule has 0 unspecified atom stereocenters. The van der Waals surface area contributed by atoms with E-state index in [0.29, 0.717) is 36.5 Å². The number of aromatic hydroxyl groups is 1. The zero-order valence-electron chi connectivity index (χ0n) is 15.8. The lowest BCUT2D eigenvalue weighted by Gasteiger charge is -2.18. The molecular formula is C19H25N3O4S. The van der Waals surface area contributed by atoms with E-state index in [-0.39, 0.29) is 17.3 Å². The molecule has 2 rings (SSSR count). The lowest BCUT2D eigenvalue weighted by Crippen LogP contribution is -2.30. The highest BCUT2D eigenvalue weighted by Gasteiger charge is 2.21. The fraction of sp³-hybridized carbons (Fsp3) is 0.368. The minimum absolute atomic E-state index is 0.00837. The van der Waals surface area contributed by atoms with Crippen molar-refractivity contribution in [2.75, 3.05) is 13.1 Å². The molecule has 0 aliphatic heterocycles. The van der Waals surface area contributed by atoms with Crippen LogP contribution in [0.1, 0.15) is 36.2 Å². The molecule has 0 fully saturated rings. The van der Waals surface area contributed by atoms with Crippen LogP contribution in [-0.2, 0) is 23.2 Å². The van der Waals surface area contributed by atoms with Crippen molar-refractivity contribution in [3.8, 4) is 5.75 Å². The zero-order valence-corrected chi connectivity index (χ0v) is 16.6. The van der Waals surface area contributed by atoms with Gasteiger partial charge in [-0.1, -0.05) is 26.0 Å². The van der Waals surface area contributed by atoms with Crippen molar-refractivity contribution < 1.29 is 18.6 Å². The highest BCUT2D eigenvalue weighted by Crippen LogP contribution is 2.22. The van der Waals surface area contributed by atoms with Gasteiger partial charge in [-0.25, -0.2) is 8.42 Å². The third kappa shape index (κ3) is 4.71. The quantitative estimate of drug-likeness (QED) is 0.672. The van der Waals surface area contributed by atoms with Crippen LogP contribution in [0.4, 0.5) is 0 Å². The molecular weight excluding hydrogens is 366 g/mol. The summed E-state index contributed by atoms with van der Waals surface area (Å²) in [6, 6.07) is 6.59.